The molecule has 0 saturated carbocycles. The van der Waals surface area contributed by atoms with Crippen LogP contribution in [-0.2, 0) is 4.79 Å². The number of aromatic nitrogens is 3. The van der Waals surface area contributed by atoms with E-state index in [2.05, 4.69) is 15.5 Å². The van der Waals surface area contributed by atoms with Gasteiger partial charge in [0, 0.05) is 16.8 Å². The lowest BCUT2D eigenvalue weighted by atomic mass is 10.1. The molecule has 1 N–H and O–H groups in total. The summed E-state index contributed by atoms with van der Waals surface area (Å²) >= 11 is 7.75. The number of amides is 1. The van der Waals surface area contributed by atoms with Crippen molar-refractivity contribution in [2.75, 3.05) is 12.4 Å². The van der Waals surface area contributed by atoms with Gasteiger partial charge in [0.1, 0.15) is 5.75 Å². The number of nitrogens with one attached hydrogen (secondary N) is 1. The van der Waals surface area contributed by atoms with Crippen LogP contribution in [0.1, 0.15) is 27.7 Å². The Balaban J connectivity index is 1.97. The molecule has 30 heavy (non-hydrogen) atoms. The van der Waals surface area contributed by atoms with Crippen molar-refractivity contribution in [1.29, 1.82) is 0 Å². The highest BCUT2D eigenvalue weighted by Crippen LogP contribution is 2.32. The highest BCUT2D eigenvalue weighted by Gasteiger charge is 2.20. The molecule has 2 aromatic carbocycles. The molecule has 0 aliphatic rings. The zero-order valence-electron chi connectivity index (χ0n) is 17.5. The van der Waals surface area contributed by atoms with Crippen LogP contribution in [0.2, 0.25) is 5.02 Å². The topological polar surface area (TPSA) is 69.0 Å². The molecular weight excluding hydrogens is 420 g/mol. The van der Waals surface area contributed by atoms with Crippen LogP contribution < -0.4 is 10.1 Å². The Hall–Kier alpha value is -2.51. The van der Waals surface area contributed by atoms with Gasteiger partial charge >= 0.3 is 0 Å². The fourth-order valence-electron chi connectivity index (χ4n) is 2.86. The van der Waals surface area contributed by atoms with Crippen LogP contribution >= 0.6 is 23.4 Å². The van der Waals surface area contributed by atoms with E-state index in [0.29, 0.717) is 22.6 Å². The maximum Gasteiger partial charge on any atom is 0.230 e. The lowest BCUT2D eigenvalue weighted by Crippen LogP contribution is -2.41. The second-order valence-corrected chi connectivity index (χ2v) is 8.98. The van der Waals surface area contributed by atoms with Crippen molar-refractivity contribution < 1.29 is 9.53 Å². The Kier molecular flexibility index (Phi) is 7.05. The van der Waals surface area contributed by atoms with Crippen molar-refractivity contribution in [1.82, 2.24) is 20.1 Å². The van der Waals surface area contributed by atoms with Crippen molar-refractivity contribution in [2.45, 2.75) is 38.4 Å². The normalized spacial score (nSPS) is 11.4. The summed E-state index contributed by atoms with van der Waals surface area (Å²) in [4.78, 5) is 12.3. The van der Waals surface area contributed by atoms with Crippen LogP contribution in [-0.4, -0.2) is 38.6 Å². The smallest absolute Gasteiger partial charge is 0.230 e. The van der Waals surface area contributed by atoms with Crippen molar-refractivity contribution >= 4 is 29.3 Å². The molecule has 0 aliphatic carbocycles. The van der Waals surface area contributed by atoms with Gasteiger partial charge in [0.05, 0.1) is 17.4 Å². The fourth-order valence-corrected chi connectivity index (χ4v) is 3.83. The maximum absolute atomic E-state index is 12.3. The predicted octanol–water partition coefficient (Wildman–Crippen LogP) is 4.99. The number of nitrogens with zero attached hydrogens (tertiary/aromatic N) is 3. The Bertz CT molecular complexity index is 1010. The van der Waals surface area contributed by atoms with Gasteiger partial charge in [-0.1, -0.05) is 35.5 Å². The first-order valence-electron chi connectivity index (χ1n) is 9.66. The van der Waals surface area contributed by atoms with Crippen molar-refractivity contribution in [2.24, 2.45) is 0 Å². The monoisotopic (exact) mass is 444 g/mol. The lowest BCUT2D eigenvalue weighted by Gasteiger charge is -2.20. The van der Waals surface area contributed by atoms with Crippen LogP contribution in [0.4, 0.5) is 0 Å². The molecule has 0 spiro atoms. The van der Waals surface area contributed by atoms with E-state index in [0.717, 1.165) is 17.0 Å². The second kappa shape index (κ2) is 9.53. The average Bonchev–Trinajstić information content (AvgIpc) is 3.10. The molecule has 8 heteroatoms. The molecule has 3 aromatic rings. The quantitative estimate of drug-likeness (QED) is 0.519. The Morgan fingerprint density at radius 3 is 2.47 bits per heavy atom. The second-order valence-electron chi connectivity index (χ2n) is 7.64. The molecule has 0 atom stereocenters. The molecule has 0 saturated heterocycles. The molecule has 1 aromatic heterocycles. The third-order valence-electron chi connectivity index (χ3n) is 4.00. The molecule has 3 rings (SSSR count). The van der Waals surface area contributed by atoms with Crippen LogP contribution in [0.5, 0.6) is 5.75 Å². The Labute approximate surface area is 186 Å². The summed E-state index contributed by atoms with van der Waals surface area (Å²) in [6.45, 7) is 8.40. The van der Waals surface area contributed by atoms with Crippen LogP contribution in [0, 0.1) is 0 Å². The van der Waals surface area contributed by atoms with Gasteiger partial charge in [-0.3, -0.25) is 9.36 Å². The van der Waals surface area contributed by atoms with Crippen LogP contribution in [0.25, 0.3) is 17.1 Å². The lowest BCUT2D eigenvalue weighted by molar-refractivity contribution is -0.119. The highest BCUT2D eigenvalue weighted by molar-refractivity contribution is 7.99. The third-order valence-corrected chi connectivity index (χ3v) is 5.26. The predicted molar refractivity (Wildman–Crippen MR) is 122 cm³/mol. The van der Waals surface area contributed by atoms with Gasteiger partial charge in [-0.05, 0) is 64.1 Å². The summed E-state index contributed by atoms with van der Waals surface area (Å²) < 4.78 is 7.46. The highest BCUT2D eigenvalue weighted by atomic mass is 35.5. The minimum Gasteiger partial charge on any atom is -0.494 e. The van der Waals surface area contributed by atoms with E-state index in [1.165, 1.54) is 11.8 Å². The Morgan fingerprint density at radius 1 is 1.13 bits per heavy atom. The molecule has 0 fully saturated rings. The first-order valence-corrected chi connectivity index (χ1v) is 11.0. The molecule has 1 heterocycles. The van der Waals surface area contributed by atoms with Gasteiger partial charge in [0.25, 0.3) is 0 Å². The van der Waals surface area contributed by atoms with Crippen LogP contribution in [0.15, 0.2) is 53.7 Å². The molecule has 6 nitrogen and oxygen atoms in total. The van der Waals surface area contributed by atoms with E-state index in [4.69, 9.17) is 16.3 Å². The van der Waals surface area contributed by atoms with Crippen molar-refractivity contribution in [3.8, 4) is 22.8 Å². The SMILES string of the molecule is CCOc1ccc(-n2c(SCC(=O)NC(C)(C)C)nnc2-c2ccccc2Cl)cc1. The minimum absolute atomic E-state index is 0.0620. The molecule has 0 unspecified atom stereocenters. The number of thioether (sulfide) groups is 1. The van der Waals surface area contributed by atoms with E-state index < -0.39 is 0 Å². The van der Waals surface area contributed by atoms with Gasteiger partial charge in [-0.2, -0.15) is 0 Å². The largest absolute Gasteiger partial charge is 0.494 e. The molecule has 158 valence electrons. The van der Waals surface area contributed by atoms with Gasteiger partial charge in [0.15, 0.2) is 11.0 Å². The maximum atomic E-state index is 12.3. The summed E-state index contributed by atoms with van der Waals surface area (Å²) in [5, 5.41) is 12.9. The van der Waals surface area contributed by atoms with E-state index in [-0.39, 0.29) is 17.2 Å². The first kappa shape index (κ1) is 22.2. The van der Waals surface area contributed by atoms with Gasteiger partial charge in [-0.25, -0.2) is 0 Å². The number of hydrogen-bond donors (Lipinski definition) is 1. The zero-order chi connectivity index (χ0) is 21.7. The summed E-state index contributed by atoms with van der Waals surface area (Å²) in [5.74, 6) is 1.57. The number of benzene rings is 2. The molecule has 0 radical (unpaired) electrons. The number of halogens is 1. The number of carbonyl (C=O) groups is 1. The van der Waals surface area contributed by atoms with Crippen molar-refractivity contribution in [3.63, 3.8) is 0 Å². The van der Waals surface area contributed by atoms with Crippen molar-refractivity contribution in [3.05, 3.63) is 53.6 Å². The molecular formula is C22H25ClN4O2S. The van der Waals surface area contributed by atoms with E-state index >= 15 is 0 Å². The minimum atomic E-state index is -0.289. The van der Waals surface area contributed by atoms with E-state index in [9.17, 15) is 4.79 Å². The number of carbonyl (C=O) groups excluding carboxylic acids is 1. The fraction of sp³-hybridized carbons (Fsp3) is 0.318. The number of ether oxygens (including phenoxy) is 1. The summed E-state index contributed by atoms with van der Waals surface area (Å²) in [6.07, 6.45) is 0. The number of hydrogen-bond acceptors (Lipinski definition) is 5. The molecule has 1 amide bonds. The third kappa shape index (κ3) is 5.55. The molecule has 0 aliphatic heterocycles. The first-order chi connectivity index (χ1) is 14.3. The standard InChI is InChI=1S/C22H25ClN4O2S/c1-5-29-16-12-10-15(11-13-16)27-20(17-8-6-7-9-18(17)23)25-26-21(27)30-14-19(28)24-22(2,3)4/h6-13H,5,14H2,1-4H3,(H,24,28). The van der Waals surface area contributed by atoms with Gasteiger partial charge in [-0.15, -0.1) is 10.2 Å². The summed E-state index contributed by atoms with van der Waals surface area (Å²) in [6, 6.07) is 15.2. The van der Waals surface area contributed by atoms with Gasteiger partial charge < -0.3 is 10.1 Å². The van der Waals surface area contributed by atoms with Gasteiger partial charge in [0.2, 0.25) is 5.91 Å². The zero-order valence-corrected chi connectivity index (χ0v) is 19.0. The average molecular weight is 445 g/mol. The van der Waals surface area contributed by atoms with E-state index in [1.54, 1.807) is 0 Å². The summed E-state index contributed by atoms with van der Waals surface area (Å²) in [7, 11) is 0. The van der Waals surface area contributed by atoms with Crippen LogP contribution in [0.3, 0.4) is 0 Å². The number of rotatable bonds is 7. The van der Waals surface area contributed by atoms with E-state index in [1.807, 2.05) is 80.8 Å². The summed E-state index contributed by atoms with van der Waals surface area (Å²) in [5.41, 5.74) is 1.34. The molecule has 0 bridgehead atoms. The Morgan fingerprint density at radius 2 is 1.83 bits per heavy atom.